The molecule has 0 spiro atoms. The molecule has 1 fully saturated rings. The third-order valence-electron chi connectivity index (χ3n) is 2.40. The molecule has 0 bridgehead atoms. The van der Waals surface area contributed by atoms with Crippen molar-refractivity contribution in [1.82, 2.24) is 0 Å². The summed E-state index contributed by atoms with van der Waals surface area (Å²) in [6.07, 6.45) is 5.36. The zero-order valence-electron chi connectivity index (χ0n) is 7.18. The second-order valence-corrected chi connectivity index (χ2v) is 3.70. The van der Waals surface area contributed by atoms with Crippen LogP contribution in [-0.4, -0.2) is 11.8 Å². The standard InChI is InChI=1S/C9H17NO/c1-7(11)5-8-3-2-4-9(10)6-8/h8-9H,2-6,10H2,1H3/t8-,9-/m1/s1. The molecule has 1 saturated carbocycles. The van der Waals surface area contributed by atoms with Crippen LogP contribution in [0.2, 0.25) is 0 Å². The van der Waals surface area contributed by atoms with Gasteiger partial charge in [-0.25, -0.2) is 0 Å². The van der Waals surface area contributed by atoms with Gasteiger partial charge in [0.2, 0.25) is 0 Å². The summed E-state index contributed by atoms with van der Waals surface area (Å²) in [4.78, 5) is 10.8. The van der Waals surface area contributed by atoms with Crippen LogP contribution in [0.15, 0.2) is 0 Å². The fraction of sp³-hybridized carbons (Fsp3) is 0.889. The molecule has 2 N–H and O–H groups in total. The van der Waals surface area contributed by atoms with E-state index in [9.17, 15) is 4.79 Å². The van der Waals surface area contributed by atoms with Gasteiger partial charge in [-0.05, 0) is 32.1 Å². The van der Waals surface area contributed by atoms with Crippen molar-refractivity contribution in [2.45, 2.75) is 45.1 Å². The van der Waals surface area contributed by atoms with Crippen LogP contribution in [-0.2, 0) is 4.79 Å². The van der Waals surface area contributed by atoms with E-state index in [2.05, 4.69) is 0 Å². The highest BCUT2D eigenvalue weighted by molar-refractivity contribution is 5.75. The highest BCUT2D eigenvalue weighted by atomic mass is 16.1. The van der Waals surface area contributed by atoms with Crippen molar-refractivity contribution >= 4 is 5.78 Å². The third kappa shape index (κ3) is 3.02. The SMILES string of the molecule is CC(=O)C[C@H]1CCC[C@@H](N)C1. The number of Topliss-reactive ketones (excluding diaryl/α,β-unsaturated/α-hetero) is 1. The Hall–Kier alpha value is -0.370. The molecule has 0 aromatic rings. The van der Waals surface area contributed by atoms with Crippen molar-refractivity contribution in [3.63, 3.8) is 0 Å². The smallest absolute Gasteiger partial charge is 0.130 e. The Bertz CT molecular complexity index is 144. The summed E-state index contributed by atoms with van der Waals surface area (Å²) in [5.74, 6) is 0.889. The molecule has 0 heterocycles. The Kier molecular flexibility index (Phi) is 3.06. The Labute approximate surface area is 68.2 Å². The first-order valence-corrected chi connectivity index (χ1v) is 4.43. The van der Waals surface area contributed by atoms with Gasteiger partial charge in [-0.15, -0.1) is 0 Å². The van der Waals surface area contributed by atoms with Gasteiger partial charge in [0.25, 0.3) is 0 Å². The van der Waals surface area contributed by atoms with Gasteiger partial charge >= 0.3 is 0 Å². The largest absolute Gasteiger partial charge is 0.328 e. The molecule has 64 valence electrons. The molecular weight excluding hydrogens is 138 g/mol. The second-order valence-electron chi connectivity index (χ2n) is 3.70. The van der Waals surface area contributed by atoms with Crippen LogP contribution in [0.3, 0.4) is 0 Å². The fourth-order valence-corrected chi connectivity index (χ4v) is 1.92. The van der Waals surface area contributed by atoms with E-state index in [1.54, 1.807) is 6.92 Å². The Morgan fingerprint density at radius 1 is 1.55 bits per heavy atom. The van der Waals surface area contributed by atoms with Crippen LogP contribution >= 0.6 is 0 Å². The Balaban J connectivity index is 2.28. The summed E-state index contributed by atoms with van der Waals surface area (Å²) in [5.41, 5.74) is 5.79. The maximum absolute atomic E-state index is 10.8. The van der Waals surface area contributed by atoms with E-state index in [1.165, 1.54) is 12.8 Å². The summed E-state index contributed by atoms with van der Waals surface area (Å²) in [6, 6.07) is 0.355. The molecule has 0 aromatic heterocycles. The molecule has 0 amide bonds. The van der Waals surface area contributed by atoms with Crippen molar-refractivity contribution in [2.75, 3.05) is 0 Å². The fourth-order valence-electron chi connectivity index (χ4n) is 1.92. The van der Waals surface area contributed by atoms with E-state index in [0.29, 0.717) is 17.7 Å². The first-order valence-electron chi connectivity index (χ1n) is 4.43. The summed E-state index contributed by atoms with van der Waals surface area (Å²) >= 11 is 0. The molecule has 0 radical (unpaired) electrons. The molecule has 0 aliphatic heterocycles. The van der Waals surface area contributed by atoms with Crippen LogP contribution in [0.5, 0.6) is 0 Å². The van der Waals surface area contributed by atoms with Crippen molar-refractivity contribution < 1.29 is 4.79 Å². The van der Waals surface area contributed by atoms with Crippen LogP contribution in [0.25, 0.3) is 0 Å². The lowest BCUT2D eigenvalue weighted by Crippen LogP contribution is -2.28. The highest BCUT2D eigenvalue weighted by Gasteiger charge is 2.19. The summed E-state index contributed by atoms with van der Waals surface area (Å²) in [6.45, 7) is 1.67. The average Bonchev–Trinajstić information content (AvgIpc) is 1.85. The van der Waals surface area contributed by atoms with Gasteiger partial charge in [0, 0.05) is 12.5 Å². The minimum absolute atomic E-state index is 0.309. The first-order chi connectivity index (χ1) is 5.18. The van der Waals surface area contributed by atoms with E-state index in [0.717, 1.165) is 19.3 Å². The van der Waals surface area contributed by atoms with Gasteiger partial charge in [0.05, 0.1) is 0 Å². The Morgan fingerprint density at radius 2 is 2.27 bits per heavy atom. The molecule has 1 aliphatic carbocycles. The van der Waals surface area contributed by atoms with Crippen LogP contribution < -0.4 is 5.73 Å². The average molecular weight is 155 g/mol. The number of ketones is 1. The molecule has 2 nitrogen and oxygen atoms in total. The van der Waals surface area contributed by atoms with Crippen molar-refractivity contribution in [3.05, 3.63) is 0 Å². The first kappa shape index (κ1) is 8.72. The van der Waals surface area contributed by atoms with Gasteiger partial charge in [-0.1, -0.05) is 6.42 Å². The number of rotatable bonds is 2. The van der Waals surface area contributed by atoms with Gasteiger partial charge in [-0.2, -0.15) is 0 Å². The Morgan fingerprint density at radius 3 is 2.82 bits per heavy atom. The molecule has 2 heteroatoms. The van der Waals surface area contributed by atoms with Crippen LogP contribution in [0.1, 0.15) is 39.0 Å². The zero-order valence-corrected chi connectivity index (χ0v) is 7.18. The van der Waals surface area contributed by atoms with Gasteiger partial charge < -0.3 is 10.5 Å². The lowest BCUT2D eigenvalue weighted by molar-refractivity contribution is -0.118. The molecule has 0 unspecified atom stereocenters. The van der Waals surface area contributed by atoms with E-state index >= 15 is 0 Å². The number of carbonyl (C=O) groups is 1. The van der Waals surface area contributed by atoms with Gasteiger partial charge in [0.15, 0.2) is 0 Å². The van der Waals surface area contributed by atoms with Crippen LogP contribution in [0, 0.1) is 5.92 Å². The van der Waals surface area contributed by atoms with Crippen molar-refractivity contribution in [3.8, 4) is 0 Å². The minimum atomic E-state index is 0.309. The monoisotopic (exact) mass is 155 g/mol. The summed E-state index contributed by atoms with van der Waals surface area (Å²) in [5, 5.41) is 0. The van der Waals surface area contributed by atoms with E-state index in [1.807, 2.05) is 0 Å². The second kappa shape index (κ2) is 3.86. The van der Waals surface area contributed by atoms with Gasteiger partial charge in [0.1, 0.15) is 5.78 Å². The predicted octanol–water partition coefficient (Wildman–Crippen LogP) is 1.48. The number of hydrogen-bond donors (Lipinski definition) is 1. The normalized spacial score (nSPS) is 31.8. The minimum Gasteiger partial charge on any atom is -0.328 e. The molecule has 0 saturated heterocycles. The molecule has 2 atom stereocenters. The number of hydrogen-bond acceptors (Lipinski definition) is 2. The van der Waals surface area contributed by atoms with Crippen LogP contribution in [0.4, 0.5) is 0 Å². The molecular formula is C9H17NO. The van der Waals surface area contributed by atoms with Crippen molar-refractivity contribution in [1.29, 1.82) is 0 Å². The molecule has 11 heavy (non-hydrogen) atoms. The number of nitrogens with two attached hydrogens (primary N) is 1. The lowest BCUT2D eigenvalue weighted by Gasteiger charge is -2.25. The van der Waals surface area contributed by atoms with Gasteiger partial charge in [-0.3, -0.25) is 0 Å². The summed E-state index contributed by atoms with van der Waals surface area (Å²) < 4.78 is 0. The zero-order chi connectivity index (χ0) is 8.27. The highest BCUT2D eigenvalue weighted by Crippen LogP contribution is 2.25. The lowest BCUT2D eigenvalue weighted by atomic mass is 9.83. The molecule has 1 aliphatic rings. The van der Waals surface area contributed by atoms with Crippen molar-refractivity contribution in [2.24, 2.45) is 11.7 Å². The topological polar surface area (TPSA) is 43.1 Å². The predicted molar refractivity (Wildman–Crippen MR) is 45.2 cm³/mol. The van der Waals surface area contributed by atoms with E-state index in [4.69, 9.17) is 5.73 Å². The molecule has 0 aromatic carbocycles. The van der Waals surface area contributed by atoms with E-state index < -0.39 is 0 Å². The quantitative estimate of drug-likeness (QED) is 0.656. The summed E-state index contributed by atoms with van der Waals surface area (Å²) in [7, 11) is 0. The number of carbonyl (C=O) groups excluding carboxylic acids is 1. The maximum atomic E-state index is 10.8. The maximum Gasteiger partial charge on any atom is 0.130 e. The van der Waals surface area contributed by atoms with E-state index in [-0.39, 0.29) is 0 Å². The molecule has 1 rings (SSSR count). The third-order valence-corrected chi connectivity index (χ3v) is 2.40.